The third-order valence-corrected chi connectivity index (χ3v) is 8.38. The highest BCUT2D eigenvalue weighted by molar-refractivity contribution is 7.74. The molecule has 8 nitrogen and oxygen atoms in total. The van der Waals surface area contributed by atoms with Gasteiger partial charge in [-0.05, 0) is 18.6 Å². The molecule has 1 aromatic heterocycles. The maximum atomic E-state index is 11.9. The average Bonchev–Trinajstić information content (AvgIpc) is 2.53. The van der Waals surface area contributed by atoms with Gasteiger partial charge in [0.1, 0.15) is 0 Å². The van der Waals surface area contributed by atoms with Crippen LogP contribution in [0.4, 0.5) is 0 Å². The van der Waals surface area contributed by atoms with Crippen LogP contribution in [0.15, 0.2) is 48.8 Å². The highest BCUT2D eigenvalue weighted by Crippen LogP contribution is 2.65. The van der Waals surface area contributed by atoms with Crippen molar-refractivity contribution < 1.29 is 38.3 Å². The van der Waals surface area contributed by atoms with Crippen LogP contribution >= 0.6 is 15.0 Å². The Kier molecular flexibility index (Phi) is 5.69. The van der Waals surface area contributed by atoms with Crippen LogP contribution in [0.2, 0.25) is 0 Å². The number of Topliss-reactive ketones (excluding diaryl/α,β-unsaturated/α-hetero) is 1. The maximum Gasteiger partial charge on any atom is 0.263 e. The van der Waals surface area contributed by atoms with Gasteiger partial charge in [-0.15, -0.1) is 0 Å². The number of ketones is 1. The van der Waals surface area contributed by atoms with Crippen molar-refractivity contribution >= 4 is 20.7 Å². The fraction of sp³-hybridized carbons (Fsp3) is 0.250. The minimum Gasteiger partial charge on any atom is -0.776 e. The first-order valence-electron chi connectivity index (χ1n) is 7.52. The Morgan fingerprint density at radius 3 is 2.19 bits per heavy atom. The lowest BCUT2D eigenvalue weighted by Crippen LogP contribution is -2.49. The lowest BCUT2D eigenvalue weighted by Gasteiger charge is -2.35. The van der Waals surface area contributed by atoms with Gasteiger partial charge in [-0.25, -0.2) is 4.57 Å². The topological polar surface area (TPSA) is 139 Å². The fourth-order valence-corrected chi connectivity index (χ4v) is 5.03. The van der Waals surface area contributed by atoms with Crippen LogP contribution in [0, 0.1) is 0 Å². The van der Waals surface area contributed by atoms with Gasteiger partial charge in [-0.3, -0.25) is 9.36 Å². The predicted octanol–water partition coefficient (Wildman–Crippen LogP) is 0.936. The zero-order valence-corrected chi connectivity index (χ0v) is 15.9. The molecule has 0 aliphatic carbocycles. The van der Waals surface area contributed by atoms with Crippen molar-refractivity contribution in [1.29, 1.82) is 0 Å². The number of aliphatic hydroxyl groups is 1. The molecule has 0 radical (unpaired) electrons. The van der Waals surface area contributed by atoms with Gasteiger partial charge in [0.15, 0.2) is 32.3 Å². The molecule has 0 spiro atoms. The third kappa shape index (κ3) is 4.18. The SMILES string of the molecule is CC(=O)c1ccc(-c2ccc[n+](CC(O)(P(C)(=O)O)P(=O)([O-])O)c2)cc1. The molecule has 2 aromatic rings. The lowest BCUT2D eigenvalue weighted by molar-refractivity contribution is -0.703. The molecular weight excluding hydrogens is 380 g/mol. The first-order chi connectivity index (χ1) is 11.8. The van der Waals surface area contributed by atoms with Gasteiger partial charge < -0.3 is 24.4 Å². The average molecular weight is 399 g/mol. The molecule has 0 saturated carbocycles. The van der Waals surface area contributed by atoms with E-state index in [9.17, 15) is 33.7 Å². The van der Waals surface area contributed by atoms with Gasteiger partial charge in [0.25, 0.3) is 5.08 Å². The molecule has 3 unspecified atom stereocenters. The number of rotatable bonds is 6. The molecule has 0 bridgehead atoms. The first kappa shape index (κ1) is 20.6. The van der Waals surface area contributed by atoms with Crippen molar-refractivity contribution in [2.24, 2.45) is 0 Å². The van der Waals surface area contributed by atoms with E-state index in [1.807, 2.05) is 0 Å². The number of pyridine rings is 1. The number of carbonyl (C=O) groups is 1. The van der Waals surface area contributed by atoms with Crippen molar-refractivity contribution in [3.05, 3.63) is 54.4 Å². The van der Waals surface area contributed by atoms with Gasteiger partial charge in [0.05, 0.1) is 0 Å². The second kappa shape index (κ2) is 7.16. The van der Waals surface area contributed by atoms with E-state index < -0.39 is 26.6 Å². The molecule has 0 aliphatic heterocycles. The molecule has 0 saturated heterocycles. The Hall–Kier alpha value is -1.66. The molecule has 26 heavy (non-hydrogen) atoms. The molecule has 0 fully saturated rings. The van der Waals surface area contributed by atoms with Crippen molar-refractivity contribution in [3.63, 3.8) is 0 Å². The van der Waals surface area contributed by atoms with Gasteiger partial charge in [0.2, 0.25) is 7.37 Å². The number of aromatic nitrogens is 1. The quantitative estimate of drug-likeness (QED) is 0.373. The molecule has 140 valence electrons. The fourth-order valence-electron chi connectivity index (χ4n) is 2.39. The normalized spacial score (nSPS) is 18.4. The smallest absolute Gasteiger partial charge is 0.263 e. The van der Waals surface area contributed by atoms with Crippen LogP contribution in [0.25, 0.3) is 11.1 Å². The number of hydrogen-bond acceptors (Lipinski definition) is 5. The van der Waals surface area contributed by atoms with Crippen LogP contribution in [0.3, 0.4) is 0 Å². The van der Waals surface area contributed by atoms with E-state index in [0.717, 1.165) is 0 Å². The molecule has 1 aromatic carbocycles. The Morgan fingerprint density at radius 2 is 1.73 bits per heavy atom. The minimum absolute atomic E-state index is 0.0828. The summed E-state index contributed by atoms with van der Waals surface area (Å²) in [5, 5.41) is 6.99. The van der Waals surface area contributed by atoms with Gasteiger partial charge in [-0.1, -0.05) is 24.3 Å². The zero-order chi connectivity index (χ0) is 19.8. The Labute approximate surface area is 150 Å². The minimum atomic E-state index is -5.55. The summed E-state index contributed by atoms with van der Waals surface area (Å²) < 4.78 is 24.6. The molecule has 0 aliphatic rings. The van der Waals surface area contributed by atoms with Gasteiger partial charge in [-0.2, -0.15) is 0 Å². The Morgan fingerprint density at radius 1 is 1.15 bits per heavy atom. The summed E-state index contributed by atoms with van der Waals surface area (Å²) in [6, 6.07) is 9.93. The summed E-state index contributed by atoms with van der Waals surface area (Å²) in [6.45, 7) is 1.28. The van der Waals surface area contributed by atoms with E-state index in [1.165, 1.54) is 23.9 Å². The second-order valence-electron chi connectivity index (χ2n) is 6.07. The van der Waals surface area contributed by atoms with E-state index in [1.54, 1.807) is 36.4 Å². The number of nitrogens with zero attached hydrogens (tertiary/aromatic N) is 1. The van der Waals surface area contributed by atoms with Crippen LogP contribution in [0.5, 0.6) is 0 Å². The predicted molar refractivity (Wildman–Crippen MR) is 92.6 cm³/mol. The van der Waals surface area contributed by atoms with Crippen LogP contribution < -0.4 is 9.46 Å². The first-order valence-corrected chi connectivity index (χ1v) is 11.2. The summed E-state index contributed by atoms with van der Waals surface area (Å²) in [5.41, 5.74) is 1.87. The molecule has 3 atom stereocenters. The van der Waals surface area contributed by atoms with Crippen molar-refractivity contribution in [2.75, 3.05) is 6.66 Å². The summed E-state index contributed by atoms with van der Waals surface area (Å²) in [6.07, 6.45) is 2.85. The van der Waals surface area contributed by atoms with Gasteiger partial charge in [0, 0.05) is 23.9 Å². The summed E-state index contributed by atoms with van der Waals surface area (Å²) in [7, 11) is -10.2. The summed E-state index contributed by atoms with van der Waals surface area (Å²) in [4.78, 5) is 41.8. The van der Waals surface area contributed by atoms with E-state index in [2.05, 4.69) is 0 Å². The second-order valence-corrected chi connectivity index (χ2v) is 10.7. The zero-order valence-electron chi connectivity index (χ0n) is 14.1. The van der Waals surface area contributed by atoms with E-state index >= 15 is 0 Å². The largest absolute Gasteiger partial charge is 0.776 e. The van der Waals surface area contributed by atoms with Crippen molar-refractivity contribution in [1.82, 2.24) is 0 Å². The monoisotopic (exact) mass is 399 g/mol. The molecule has 1 heterocycles. The van der Waals surface area contributed by atoms with Gasteiger partial charge >= 0.3 is 0 Å². The van der Waals surface area contributed by atoms with Crippen LogP contribution in [0.1, 0.15) is 17.3 Å². The van der Waals surface area contributed by atoms with E-state index in [4.69, 9.17) is 0 Å². The third-order valence-electron chi connectivity index (χ3n) is 3.99. The number of hydrogen-bond donors (Lipinski definition) is 3. The molecule has 10 heteroatoms. The van der Waals surface area contributed by atoms with Crippen LogP contribution in [-0.4, -0.2) is 32.4 Å². The highest BCUT2D eigenvalue weighted by Gasteiger charge is 2.54. The van der Waals surface area contributed by atoms with E-state index in [0.29, 0.717) is 23.4 Å². The molecule has 3 N–H and O–H groups in total. The summed E-state index contributed by atoms with van der Waals surface area (Å²) in [5.74, 6) is -0.0828. The summed E-state index contributed by atoms with van der Waals surface area (Å²) >= 11 is 0. The number of benzene rings is 1. The lowest BCUT2D eigenvalue weighted by atomic mass is 10.0. The standard InChI is InChI=1S/C16H19NO7P2/c1-12(18)13-5-7-14(8-6-13)15-4-3-9-17(10-15)11-16(19,25(2,20)21)26(22,23)24/h3-10,19H,11H2,1-2H3,(H2-,20,21,22,23,24). The number of carbonyl (C=O) groups excluding carboxylic acids is 1. The van der Waals surface area contributed by atoms with Crippen molar-refractivity contribution in [3.8, 4) is 11.1 Å². The van der Waals surface area contributed by atoms with Crippen LogP contribution in [-0.2, 0) is 15.7 Å². The maximum absolute atomic E-state index is 11.9. The van der Waals surface area contributed by atoms with Crippen molar-refractivity contribution in [2.45, 2.75) is 18.6 Å². The molecular formula is C16H19NO7P2. The highest BCUT2D eigenvalue weighted by atomic mass is 31.2. The van der Waals surface area contributed by atoms with E-state index in [-0.39, 0.29) is 5.78 Å². The Balaban J connectivity index is 2.41. The molecule has 0 amide bonds. The molecule has 2 rings (SSSR count). The Bertz CT molecular complexity index is 892.